The van der Waals surface area contributed by atoms with Gasteiger partial charge in [0.1, 0.15) is 0 Å². The molecule has 0 radical (unpaired) electrons. The van der Waals surface area contributed by atoms with Gasteiger partial charge >= 0.3 is 0 Å². The number of β-amino-alcohol motifs (C(OH)–C–C–N with tert-alkyl or cyclic N) is 1. The van der Waals surface area contributed by atoms with Gasteiger partial charge in [0.15, 0.2) is 0 Å². The lowest BCUT2D eigenvalue weighted by Crippen LogP contribution is -2.38. The SMILES string of the molecule is Cc1ccc(N2CCCC(O)C2)cc1Br. The van der Waals surface area contributed by atoms with Gasteiger partial charge < -0.3 is 10.0 Å². The van der Waals surface area contributed by atoms with Crippen LogP contribution in [0.5, 0.6) is 0 Å². The van der Waals surface area contributed by atoms with E-state index in [-0.39, 0.29) is 6.10 Å². The minimum absolute atomic E-state index is 0.168. The van der Waals surface area contributed by atoms with E-state index in [1.807, 2.05) is 0 Å². The highest BCUT2D eigenvalue weighted by atomic mass is 79.9. The van der Waals surface area contributed by atoms with E-state index in [2.05, 4.69) is 46.0 Å². The van der Waals surface area contributed by atoms with E-state index in [4.69, 9.17) is 0 Å². The zero-order valence-corrected chi connectivity index (χ0v) is 10.5. The Morgan fingerprint density at radius 1 is 1.47 bits per heavy atom. The minimum atomic E-state index is -0.168. The van der Waals surface area contributed by atoms with Crippen molar-refractivity contribution in [2.24, 2.45) is 0 Å². The second-order valence-corrected chi connectivity index (χ2v) is 5.03. The van der Waals surface area contributed by atoms with Crippen LogP contribution in [-0.2, 0) is 0 Å². The summed E-state index contributed by atoms with van der Waals surface area (Å²) in [6.45, 7) is 3.89. The number of rotatable bonds is 1. The normalized spacial score (nSPS) is 21.8. The Morgan fingerprint density at radius 2 is 2.27 bits per heavy atom. The standard InChI is InChI=1S/C12H16BrNO/c1-9-4-5-10(7-12(9)13)14-6-2-3-11(15)8-14/h4-5,7,11,15H,2-3,6,8H2,1H3. The third kappa shape index (κ3) is 2.52. The molecule has 0 bridgehead atoms. The van der Waals surface area contributed by atoms with Crippen molar-refractivity contribution in [1.82, 2.24) is 0 Å². The summed E-state index contributed by atoms with van der Waals surface area (Å²) in [5.41, 5.74) is 2.45. The average molecular weight is 270 g/mol. The highest BCUT2D eigenvalue weighted by Crippen LogP contribution is 2.25. The molecule has 82 valence electrons. The van der Waals surface area contributed by atoms with E-state index >= 15 is 0 Å². The lowest BCUT2D eigenvalue weighted by Gasteiger charge is -2.32. The summed E-state index contributed by atoms with van der Waals surface area (Å²) < 4.78 is 1.14. The summed E-state index contributed by atoms with van der Waals surface area (Å²) in [5, 5.41) is 9.61. The third-order valence-electron chi connectivity index (χ3n) is 2.92. The number of piperidine rings is 1. The van der Waals surface area contributed by atoms with Crippen LogP contribution >= 0.6 is 15.9 Å². The molecule has 1 heterocycles. The molecule has 2 rings (SSSR count). The number of aliphatic hydroxyl groups is 1. The molecular formula is C12H16BrNO. The summed E-state index contributed by atoms with van der Waals surface area (Å²) >= 11 is 3.54. The first kappa shape index (κ1) is 11.0. The van der Waals surface area contributed by atoms with E-state index < -0.39 is 0 Å². The monoisotopic (exact) mass is 269 g/mol. The van der Waals surface area contributed by atoms with Crippen molar-refractivity contribution in [2.75, 3.05) is 18.0 Å². The number of hydrogen-bond donors (Lipinski definition) is 1. The largest absolute Gasteiger partial charge is 0.391 e. The second-order valence-electron chi connectivity index (χ2n) is 4.18. The molecule has 1 aromatic rings. The maximum absolute atomic E-state index is 9.61. The predicted octanol–water partition coefficient (Wildman–Crippen LogP) is 2.72. The highest BCUT2D eigenvalue weighted by Gasteiger charge is 2.17. The first-order chi connectivity index (χ1) is 7.16. The van der Waals surface area contributed by atoms with Crippen LogP contribution in [0.2, 0.25) is 0 Å². The molecule has 3 heteroatoms. The summed E-state index contributed by atoms with van der Waals surface area (Å²) in [6, 6.07) is 6.37. The smallest absolute Gasteiger partial charge is 0.0715 e. The quantitative estimate of drug-likeness (QED) is 0.848. The van der Waals surface area contributed by atoms with Crippen molar-refractivity contribution in [3.63, 3.8) is 0 Å². The number of halogens is 1. The number of anilines is 1. The Hall–Kier alpha value is -0.540. The number of hydrogen-bond acceptors (Lipinski definition) is 2. The molecular weight excluding hydrogens is 254 g/mol. The first-order valence-corrected chi connectivity index (χ1v) is 6.15. The van der Waals surface area contributed by atoms with Crippen molar-refractivity contribution < 1.29 is 5.11 Å². The highest BCUT2D eigenvalue weighted by molar-refractivity contribution is 9.10. The fraction of sp³-hybridized carbons (Fsp3) is 0.500. The third-order valence-corrected chi connectivity index (χ3v) is 3.77. The van der Waals surface area contributed by atoms with Gasteiger partial charge in [0.25, 0.3) is 0 Å². The summed E-state index contributed by atoms with van der Waals surface area (Å²) in [7, 11) is 0. The molecule has 0 aliphatic carbocycles. The molecule has 1 N–H and O–H groups in total. The van der Waals surface area contributed by atoms with Gasteiger partial charge in [-0.1, -0.05) is 22.0 Å². The first-order valence-electron chi connectivity index (χ1n) is 5.36. The van der Waals surface area contributed by atoms with E-state index in [1.54, 1.807) is 0 Å². The molecule has 1 aliphatic rings. The van der Waals surface area contributed by atoms with Crippen LogP contribution in [0.4, 0.5) is 5.69 Å². The fourth-order valence-corrected chi connectivity index (χ4v) is 2.33. The maximum Gasteiger partial charge on any atom is 0.0715 e. The van der Waals surface area contributed by atoms with Gasteiger partial charge in [-0.15, -0.1) is 0 Å². The maximum atomic E-state index is 9.61. The number of aryl methyl sites for hydroxylation is 1. The second kappa shape index (κ2) is 4.54. The van der Waals surface area contributed by atoms with Gasteiger partial charge in [-0.05, 0) is 37.5 Å². The minimum Gasteiger partial charge on any atom is -0.391 e. The van der Waals surface area contributed by atoms with Gasteiger partial charge in [-0.2, -0.15) is 0 Å². The molecule has 0 amide bonds. The van der Waals surface area contributed by atoms with Crippen molar-refractivity contribution in [1.29, 1.82) is 0 Å². The number of nitrogens with zero attached hydrogens (tertiary/aromatic N) is 1. The van der Waals surface area contributed by atoms with Crippen molar-refractivity contribution in [2.45, 2.75) is 25.9 Å². The summed E-state index contributed by atoms with van der Waals surface area (Å²) in [4.78, 5) is 2.25. The zero-order valence-electron chi connectivity index (χ0n) is 8.91. The molecule has 1 aromatic carbocycles. The van der Waals surface area contributed by atoms with E-state index in [0.717, 1.165) is 30.4 Å². The summed E-state index contributed by atoms with van der Waals surface area (Å²) in [6.07, 6.45) is 1.84. The van der Waals surface area contributed by atoms with E-state index in [9.17, 15) is 5.11 Å². The van der Waals surface area contributed by atoms with Crippen molar-refractivity contribution in [3.05, 3.63) is 28.2 Å². The predicted molar refractivity (Wildman–Crippen MR) is 66.3 cm³/mol. The van der Waals surface area contributed by atoms with Crippen LogP contribution in [0.1, 0.15) is 18.4 Å². The van der Waals surface area contributed by atoms with Crippen LogP contribution in [0.15, 0.2) is 22.7 Å². The Kier molecular flexibility index (Phi) is 3.32. The number of aliphatic hydroxyl groups excluding tert-OH is 1. The molecule has 1 atom stereocenters. The van der Waals surface area contributed by atoms with Crippen molar-refractivity contribution >= 4 is 21.6 Å². The lowest BCUT2D eigenvalue weighted by molar-refractivity contribution is 0.154. The van der Waals surface area contributed by atoms with Gasteiger partial charge in [0, 0.05) is 23.2 Å². The van der Waals surface area contributed by atoms with E-state index in [1.165, 1.54) is 11.3 Å². The molecule has 1 saturated heterocycles. The van der Waals surface area contributed by atoms with Gasteiger partial charge in [-0.25, -0.2) is 0 Å². The Morgan fingerprint density at radius 3 is 2.93 bits per heavy atom. The lowest BCUT2D eigenvalue weighted by atomic mass is 10.1. The Balaban J connectivity index is 2.18. The topological polar surface area (TPSA) is 23.5 Å². The Labute approximate surface area is 99.0 Å². The van der Waals surface area contributed by atoms with Crippen LogP contribution in [0, 0.1) is 6.92 Å². The van der Waals surface area contributed by atoms with Crippen LogP contribution in [0.3, 0.4) is 0 Å². The molecule has 2 nitrogen and oxygen atoms in total. The number of benzene rings is 1. The van der Waals surface area contributed by atoms with Crippen LogP contribution < -0.4 is 4.90 Å². The Bertz CT molecular complexity index is 353. The molecule has 0 spiro atoms. The fourth-order valence-electron chi connectivity index (χ4n) is 1.97. The van der Waals surface area contributed by atoms with Crippen LogP contribution in [-0.4, -0.2) is 24.3 Å². The molecule has 0 saturated carbocycles. The van der Waals surface area contributed by atoms with Crippen LogP contribution in [0.25, 0.3) is 0 Å². The van der Waals surface area contributed by atoms with Gasteiger partial charge in [0.2, 0.25) is 0 Å². The molecule has 0 aromatic heterocycles. The van der Waals surface area contributed by atoms with Gasteiger partial charge in [-0.3, -0.25) is 0 Å². The molecule has 1 aliphatic heterocycles. The van der Waals surface area contributed by atoms with E-state index in [0.29, 0.717) is 0 Å². The average Bonchev–Trinajstić information content (AvgIpc) is 2.22. The molecule has 1 unspecified atom stereocenters. The van der Waals surface area contributed by atoms with Crippen molar-refractivity contribution in [3.8, 4) is 0 Å². The zero-order chi connectivity index (χ0) is 10.8. The van der Waals surface area contributed by atoms with Gasteiger partial charge in [0.05, 0.1) is 6.10 Å². The molecule has 15 heavy (non-hydrogen) atoms. The summed E-state index contributed by atoms with van der Waals surface area (Å²) in [5.74, 6) is 0. The molecule has 1 fully saturated rings.